The molecule has 0 aliphatic rings. The van der Waals surface area contributed by atoms with Crippen LogP contribution in [0.3, 0.4) is 0 Å². The van der Waals surface area contributed by atoms with Crippen LogP contribution in [0.5, 0.6) is 0 Å². The van der Waals surface area contributed by atoms with E-state index in [0.717, 1.165) is 11.4 Å². The van der Waals surface area contributed by atoms with E-state index in [4.69, 9.17) is 5.73 Å². The molecule has 0 aliphatic carbocycles. The first kappa shape index (κ1) is 13.9. The Kier molecular flexibility index (Phi) is 4.44. The number of hydrogen-bond donors (Lipinski definition) is 1. The van der Waals surface area contributed by atoms with Crippen LogP contribution in [0.15, 0.2) is 23.8 Å². The van der Waals surface area contributed by atoms with Crippen molar-refractivity contribution in [1.82, 2.24) is 14.8 Å². The van der Waals surface area contributed by atoms with Gasteiger partial charge in [0.25, 0.3) is 0 Å². The Morgan fingerprint density at radius 3 is 2.95 bits per heavy atom. The van der Waals surface area contributed by atoms with Gasteiger partial charge in [0, 0.05) is 11.4 Å². The zero-order valence-electron chi connectivity index (χ0n) is 11.1. The molecular weight excluding hydrogens is 260 g/mol. The SMILES string of the molecule is CC(C)Cn1ncnc1CC(=O)C(N)c1cccs1. The van der Waals surface area contributed by atoms with Crippen LogP contribution in [0.1, 0.15) is 30.6 Å². The highest BCUT2D eigenvalue weighted by atomic mass is 32.1. The number of carbonyl (C=O) groups excluding carboxylic acids is 1. The number of ketones is 1. The molecule has 5 nitrogen and oxygen atoms in total. The summed E-state index contributed by atoms with van der Waals surface area (Å²) in [6.07, 6.45) is 1.72. The number of hydrogen-bond acceptors (Lipinski definition) is 5. The quantitative estimate of drug-likeness (QED) is 0.874. The van der Waals surface area contributed by atoms with Crippen molar-refractivity contribution in [3.05, 3.63) is 34.5 Å². The number of Topliss-reactive ketones (excluding diaryl/α,β-unsaturated/α-hetero) is 1. The standard InChI is InChI=1S/C13H18N4OS/c1-9(2)7-17-12(15-8-16-17)6-10(18)13(14)11-4-3-5-19-11/h3-5,8-9,13H,6-7,14H2,1-2H3. The van der Waals surface area contributed by atoms with Gasteiger partial charge in [-0.05, 0) is 17.4 Å². The normalized spacial score (nSPS) is 12.8. The fraction of sp³-hybridized carbons (Fsp3) is 0.462. The Morgan fingerprint density at radius 1 is 1.53 bits per heavy atom. The number of aromatic nitrogens is 3. The van der Waals surface area contributed by atoms with Crippen molar-refractivity contribution in [3.8, 4) is 0 Å². The van der Waals surface area contributed by atoms with Crippen molar-refractivity contribution < 1.29 is 4.79 Å². The van der Waals surface area contributed by atoms with Gasteiger partial charge in [-0.1, -0.05) is 19.9 Å². The summed E-state index contributed by atoms with van der Waals surface area (Å²) >= 11 is 1.50. The maximum absolute atomic E-state index is 12.1. The average molecular weight is 278 g/mol. The molecule has 1 atom stereocenters. The van der Waals surface area contributed by atoms with E-state index < -0.39 is 6.04 Å². The van der Waals surface area contributed by atoms with Crippen LogP contribution in [0.2, 0.25) is 0 Å². The minimum Gasteiger partial charge on any atom is -0.317 e. The second-order valence-corrected chi connectivity index (χ2v) is 5.87. The fourth-order valence-electron chi connectivity index (χ4n) is 1.82. The third-order valence-corrected chi connectivity index (χ3v) is 3.72. The minimum absolute atomic E-state index is 0.0274. The van der Waals surface area contributed by atoms with Gasteiger partial charge >= 0.3 is 0 Å². The topological polar surface area (TPSA) is 73.8 Å². The van der Waals surface area contributed by atoms with Crippen LogP contribution < -0.4 is 5.73 Å². The molecule has 19 heavy (non-hydrogen) atoms. The monoisotopic (exact) mass is 278 g/mol. The molecule has 0 amide bonds. The van der Waals surface area contributed by atoms with Crippen molar-refractivity contribution in [2.75, 3.05) is 0 Å². The first-order chi connectivity index (χ1) is 9.08. The van der Waals surface area contributed by atoms with Crippen molar-refractivity contribution in [2.24, 2.45) is 11.7 Å². The van der Waals surface area contributed by atoms with E-state index in [2.05, 4.69) is 23.9 Å². The van der Waals surface area contributed by atoms with Crippen LogP contribution in [-0.2, 0) is 17.8 Å². The summed E-state index contributed by atoms with van der Waals surface area (Å²) in [4.78, 5) is 17.2. The summed E-state index contributed by atoms with van der Waals surface area (Å²) in [6.45, 7) is 4.96. The van der Waals surface area contributed by atoms with E-state index in [1.165, 1.54) is 17.7 Å². The highest BCUT2D eigenvalue weighted by molar-refractivity contribution is 7.10. The summed E-state index contributed by atoms with van der Waals surface area (Å²) in [6, 6.07) is 3.21. The molecule has 0 saturated heterocycles. The molecule has 0 fully saturated rings. The van der Waals surface area contributed by atoms with Crippen molar-refractivity contribution in [3.63, 3.8) is 0 Å². The summed E-state index contributed by atoms with van der Waals surface area (Å²) in [5.74, 6) is 1.12. The second-order valence-electron chi connectivity index (χ2n) is 4.89. The fourth-order valence-corrected chi connectivity index (χ4v) is 2.57. The highest BCUT2D eigenvalue weighted by Gasteiger charge is 2.19. The summed E-state index contributed by atoms with van der Waals surface area (Å²) < 4.78 is 1.78. The molecule has 102 valence electrons. The molecule has 2 aromatic heterocycles. The minimum atomic E-state index is -0.566. The van der Waals surface area contributed by atoms with Gasteiger partial charge in [0.05, 0.1) is 12.5 Å². The predicted octanol–water partition coefficient (Wildman–Crippen LogP) is 1.81. The van der Waals surface area contributed by atoms with E-state index in [1.54, 1.807) is 4.68 Å². The van der Waals surface area contributed by atoms with Gasteiger partial charge in [0.2, 0.25) is 0 Å². The summed E-state index contributed by atoms with van der Waals surface area (Å²) in [5.41, 5.74) is 5.95. The molecule has 0 aliphatic heterocycles. The number of carbonyl (C=O) groups is 1. The average Bonchev–Trinajstić information content (AvgIpc) is 2.99. The Hall–Kier alpha value is -1.53. The van der Waals surface area contributed by atoms with Gasteiger partial charge < -0.3 is 5.73 Å². The van der Waals surface area contributed by atoms with Crippen LogP contribution >= 0.6 is 11.3 Å². The van der Waals surface area contributed by atoms with Gasteiger partial charge in [-0.2, -0.15) is 5.10 Å². The molecule has 2 heterocycles. The lowest BCUT2D eigenvalue weighted by Gasteiger charge is -2.10. The molecule has 2 aromatic rings. The number of rotatable bonds is 6. The third-order valence-electron chi connectivity index (χ3n) is 2.76. The smallest absolute Gasteiger partial charge is 0.162 e. The van der Waals surface area contributed by atoms with Crippen molar-refractivity contribution in [2.45, 2.75) is 32.9 Å². The van der Waals surface area contributed by atoms with E-state index in [1.807, 2.05) is 17.5 Å². The van der Waals surface area contributed by atoms with Crippen LogP contribution in [0.25, 0.3) is 0 Å². The Balaban J connectivity index is 2.05. The van der Waals surface area contributed by atoms with E-state index in [-0.39, 0.29) is 12.2 Å². The molecule has 0 aromatic carbocycles. The van der Waals surface area contributed by atoms with E-state index in [0.29, 0.717) is 11.7 Å². The van der Waals surface area contributed by atoms with E-state index >= 15 is 0 Å². The molecule has 0 radical (unpaired) electrons. The first-order valence-corrected chi connectivity index (χ1v) is 7.14. The third kappa shape index (κ3) is 3.48. The Bertz CT molecular complexity index is 533. The summed E-state index contributed by atoms with van der Waals surface area (Å²) in [5, 5.41) is 6.07. The van der Waals surface area contributed by atoms with Crippen LogP contribution in [-0.4, -0.2) is 20.5 Å². The highest BCUT2D eigenvalue weighted by Crippen LogP contribution is 2.18. The van der Waals surface area contributed by atoms with Gasteiger partial charge in [-0.15, -0.1) is 11.3 Å². The number of thiophene rings is 1. The molecule has 0 bridgehead atoms. The molecule has 0 saturated carbocycles. The zero-order chi connectivity index (χ0) is 13.8. The lowest BCUT2D eigenvalue weighted by atomic mass is 10.1. The Morgan fingerprint density at radius 2 is 2.32 bits per heavy atom. The second kappa shape index (κ2) is 6.08. The molecule has 0 spiro atoms. The molecular formula is C13H18N4OS. The molecule has 6 heteroatoms. The maximum Gasteiger partial charge on any atom is 0.162 e. The molecule has 2 N–H and O–H groups in total. The zero-order valence-corrected chi connectivity index (χ0v) is 11.9. The largest absolute Gasteiger partial charge is 0.317 e. The lowest BCUT2D eigenvalue weighted by molar-refractivity contribution is -0.119. The van der Waals surface area contributed by atoms with Gasteiger partial charge in [0.15, 0.2) is 5.78 Å². The summed E-state index contributed by atoms with van der Waals surface area (Å²) in [7, 11) is 0. The molecule has 1 unspecified atom stereocenters. The number of nitrogens with two attached hydrogens (primary N) is 1. The first-order valence-electron chi connectivity index (χ1n) is 6.26. The lowest BCUT2D eigenvalue weighted by Crippen LogP contribution is -2.24. The number of nitrogens with zero attached hydrogens (tertiary/aromatic N) is 3. The maximum atomic E-state index is 12.1. The van der Waals surface area contributed by atoms with Gasteiger partial charge in [-0.25, -0.2) is 9.67 Å². The predicted molar refractivity (Wildman–Crippen MR) is 74.8 cm³/mol. The van der Waals surface area contributed by atoms with Crippen molar-refractivity contribution >= 4 is 17.1 Å². The van der Waals surface area contributed by atoms with Gasteiger partial charge in [-0.3, -0.25) is 4.79 Å². The van der Waals surface area contributed by atoms with Crippen molar-refractivity contribution in [1.29, 1.82) is 0 Å². The van der Waals surface area contributed by atoms with E-state index in [9.17, 15) is 4.79 Å². The molecule has 2 rings (SSSR count). The van der Waals surface area contributed by atoms with Crippen LogP contribution in [0.4, 0.5) is 0 Å². The Labute approximate surface area is 116 Å². The van der Waals surface area contributed by atoms with Crippen LogP contribution in [0, 0.1) is 5.92 Å². The van der Waals surface area contributed by atoms with Gasteiger partial charge in [0.1, 0.15) is 12.2 Å².